The lowest BCUT2D eigenvalue weighted by atomic mass is 10.0. The summed E-state index contributed by atoms with van der Waals surface area (Å²) in [5.74, 6) is -0.270. The first-order valence-electron chi connectivity index (χ1n) is 9.43. The fraction of sp³-hybridized carbons (Fsp3) is 0.550. The van der Waals surface area contributed by atoms with Gasteiger partial charge in [-0.25, -0.2) is 0 Å². The third-order valence-electron chi connectivity index (χ3n) is 5.44. The van der Waals surface area contributed by atoms with Crippen LogP contribution >= 0.6 is 0 Å². The van der Waals surface area contributed by atoms with Gasteiger partial charge in [0.2, 0.25) is 17.7 Å². The number of carbonyl (C=O) groups excluding carboxylic acids is 3. The van der Waals surface area contributed by atoms with Gasteiger partial charge in [0.25, 0.3) is 0 Å². The van der Waals surface area contributed by atoms with Crippen molar-refractivity contribution in [3.63, 3.8) is 0 Å². The van der Waals surface area contributed by atoms with Crippen molar-refractivity contribution >= 4 is 23.4 Å². The summed E-state index contributed by atoms with van der Waals surface area (Å²) in [6.07, 6.45) is 2.76. The van der Waals surface area contributed by atoms with E-state index in [1.807, 2.05) is 29.2 Å². The van der Waals surface area contributed by atoms with Crippen LogP contribution in [-0.4, -0.2) is 48.3 Å². The minimum Gasteiger partial charge on any atom is -0.353 e. The van der Waals surface area contributed by atoms with Crippen LogP contribution in [0.1, 0.15) is 38.7 Å². The number of aryl methyl sites for hydroxylation is 1. The van der Waals surface area contributed by atoms with E-state index in [0.717, 1.165) is 24.9 Å². The topological polar surface area (TPSA) is 69.7 Å². The van der Waals surface area contributed by atoms with Crippen molar-refractivity contribution < 1.29 is 14.4 Å². The molecule has 26 heavy (non-hydrogen) atoms. The molecule has 1 atom stereocenters. The molecular weight excluding hydrogens is 330 g/mol. The van der Waals surface area contributed by atoms with Crippen LogP contribution in [-0.2, 0) is 20.8 Å². The lowest BCUT2D eigenvalue weighted by Gasteiger charge is -2.32. The van der Waals surface area contributed by atoms with Crippen molar-refractivity contribution in [1.82, 2.24) is 10.2 Å². The summed E-state index contributed by atoms with van der Waals surface area (Å²) in [4.78, 5) is 39.8. The van der Waals surface area contributed by atoms with Gasteiger partial charge < -0.3 is 15.1 Å². The summed E-state index contributed by atoms with van der Waals surface area (Å²) in [6.45, 7) is 5.46. The van der Waals surface area contributed by atoms with E-state index in [1.165, 1.54) is 5.56 Å². The molecule has 1 unspecified atom stereocenters. The van der Waals surface area contributed by atoms with E-state index in [2.05, 4.69) is 12.2 Å². The summed E-state index contributed by atoms with van der Waals surface area (Å²) >= 11 is 0. The summed E-state index contributed by atoms with van der Waals surface area (Å²) in [5, 5.41) is 3.08. The molecule has 1 aromatic carbocycles. The van der Waals surface area contributed by atoms with Gasteiger partial charge in [0.15, 0.2) is 0 Å². The molecule has 2 fully saturated rings. The number of anilines is 1. The molecular formula is C20H27N3O3. The molecule has 2 aliphatic rings. The van der Waals surface area contributed by atoms with Crippen LogP contribution < -0.4 is 10.2 Å². The highest BCUT2D eigenvalue weighted by Crippen LogP contribution is 2.26. The zero-order valence-corrected chi connectivity index (χ0v) is 15.5. The molecule has 0 radical (unpaired) electrons. The first kappa shape index (κ1) is 18.4. The second-order valence-corrected chi connectivity index (χ2v) is 7.21. The van der Waals surface area contributed by atoms with Crippen LogP contribution in [0.3, 0.4) is 0 Å². The number of amides is 3. The number of hydrogen-bond donors (Lipinski definition) is 1. The quantitative estimate of drug-likeness (QED) is 0.892. The van der Waals surface area contributed by atoms with Crippen molar-refractivity contribution in [2.75, 3.05) is 24.5 Å². The zero-order chi connectivity index (χ0) is 18.7. The maximum absolute atomic E-state index is 12.6. The monoisotopic (exact) mass is 357 g/mol. The lowest BCUT2D eigenvalue weighted by molar-refractivity contribution is -0.130. The van der Waals surface area contributed by atoms with Gasteiger partial charge in [0.1, 0.15) is 0 Å². The van der Waals surface area contributed by atoms with Crippen LogP contribution in [0.25, 0.3) is 0 Å². The van der Waals surface area contributed by atoms with E-state index >= 15 is 0 Å². The SMILES string of the molecule is CCc1ccc(N2CC(C(=O)NC3CCN(C(C)=O)CC3)CC2=O)cc1. The zero-order valence-electron chi connectivity index (χ0n) is 15.5. The van der Waals surface area contributed by atoms with Gasteiger partial charge >= 0.3 is 0 Å². The van der Waals surface area contributed by atoms with Crippen LogP contribution in [0.5, 0.6) is 0 Å². The molecule has 6 nitrogen and oxygen atoms in total. The van der Waals surface area contributed by atoms with Gasteiger partial charge in [-0.15, -0.1) is 0 Å². The Kier molecular flexibility index (Phi) is 5.59. The summed E-state index contributed by atoms with van der Waals surface area (Å²) < 4.78 is 0. The van der Waals surface area contributed by atoms with Gasteiger partial charge in [0.05, 0.1) is 5.92 Å². The highest BCUT2D eigenvalue weighted by Gasteiger charge is 2.36. The van der Waals surface area contributed by atoms with Gasteiger partial charge in [0, 0.05) is 44.7 Å². The number of rotatable bonds is 4. The predicted molar refractivity (Wildman–Crippen MR) is 99.7 cm³/mol. The molecule has 6 heteroatoms. The second kappa shape index (κ2) is 7.89. The van der Waals surface area contributed by atoms with Crippen LogP contribution in [0.2, 0.25) is 0 Å². The predicted octanol–water partition coefficient (Wildman–Crippen LogP) is 1.73. The first-order chi connectivity index (χ1) is 12.5. The molecule has 2 saturated heterocycles. The number of benzene rings is 1. The minimum atomic E-state index is -0.306. The molecule has 1 N–H and O–H groups in total. The van der Waals surface area contributed by atoms with Crippen LogP contribution in [0.4, 0.5) is 5.69 Å². The molecule has 3 amide bonds. The van der Waals surface area contributed by atoms with E-state index in [-0.39, 0.29) is 36.1 Å². The Bertz CT molecular complexity index is 678. The minimum absolute atomic E-state index is 0.000738. The highest BCUT2D eigenvalue weighted by atomic mass is 16.2. The number of nitrogens with one attached hydrogen (secondary N) is 1. The number of nitrogens with zero attached hydrogens (tertiary/aromatic N) is 2. The van der Waals surface area contributed by atoms with Gasteiger partial charge in [-0.2, -0.15) is 0 Å². The summed E-state index contributed by atoms with van der Waals surface area (Å²) in [6, 6.07) is 8.05. The lowest BCUT2D eigenvalue weighted by Crippen LogP contribution is -2.47. The molecule has 2 heterocycles. The largest absolute Gasteiger partial charge is 0.353 e. The van der Waals surface area contributed by atoms with Gasteiger partial charge in [-0.3, -0.25) is 14.4 Å². The van der Waals surface area contributed by atoms with E-state index < -0.39 is 0 Å². The Morgan fingerprint density at radius 1 is 1.15 bits per heavy atom. The van der Waals surface area contributed by atoms with E-state index in [0.29, 0.717) is 19.6 Å². The van der Waals surface area contributed by atoms with Crippen molar-refractivity contribution in [3.05, 3.63) is 29.8 Å². The number of likely N-dealkylation sites (tertiary alicyclic amines) is 1. The maximum Gasteiger partial charge on any atom is 0.227 e. The van der Waals surface area contributed by atoms with Crippen LogP contribution in [0, 0.1) is 5.92 Å². The van der Waals surface area contributed by atoms with Crippen LogP contribution in [0.15, 0.2) is 24.3 Å². The average Bonchev–Trinajstić information content (AvgIpc) is 3.04. The van der Waals surface area contributed by atoms with E-state index in [9.17, 15) is 14.4 Å². The van der Waals surface area contributed by atoms with Gasteiger partial charge in [-0.05, 0) is 37.0 Å². The Morgan fingerprint density at radius 3 is 2.38 bits per heavy atom. The van der Waals surface area contributed by atoms with Crippen molar-refractivity contribution in [2.24, 2.45) is 5.92 Å². The number of carbonyl (C=O) groups is 3. The Balaban J connectivity index is 1.54. The average molecular weight is 357 g/mol. The fourth-order valence-electron chi connectivity index (χ4n) is 3.70. The number of hydrogen-bond acceptors (Lipinski definition) is 3. The van der Waals surface area contributed by atoms with Gasteiger partial charge in [-0.1, -0.05) is 19.1 Å². The number of piperidine rings is 1. The van der Waals surface area contributed by atoms with Crippen molar-refractivity contribution in [2.45, 2.75) is 45.6 Å². The van der Waals surface area contributed by atoms with Crippen molar-refractivity contribution in [1.29, 1.82) is 0 Å². The third-order valence-corrected chi connectivity index (χ3v) is 5.44. The van der Waals surface area contributed by atoms with E-state index in [1.54, 1.807) is 11.8 Å². The molecule has 0 saturated carbocycles. The fourth-order valence-corrected chi connectivity index (χ4v) is 3.70. The molecule has 0 bridgehead atoms. The Labute approximate surface area is 154 Å². The molecule has 0 spiro atoms. The normalized spacial score (nSPS) is 21.2. The standard InChI is InChI=1S/C20H27N3O3/c1-3-15-4-6-18(7-5-15)23-13-16(12-19(23)25)20(26)21-17-8-10-22(11-9-17)14(2)24/h4-7,16-17H,3,8-13H2,1-2H3,(H,21,26). The molecule has 0 aliphatic carbocycles. The Hall–Kier alpha value is -2.37. The molecule has 140 valence electrons. The third kappa shape index (κ3) is 4.06. The molecule has 3 rings (SSSR count). The summed E-state index contributed by atoms with van der Waals surface area (Å²) in [7, 11) is 0. The maximum atomic E-state index is 12.6. The second-order valence-electron chi connectivity index (χ2n) is 7.21. The first-order valence-corrected chi connectivity index (χ1v) is 9.43. The Morgan fingerprint density at radius 2 is 1.81 bits per heavy atom. The molecule has 1 aromatic rings. The highest BCUT2D eigenvalue weighted by molar-refractivity contribution is 6.00. The molecule has 0 aromatic heterocycles. The van der Waals surface area contributed by atoms with Crippen molar-refractivity contribution in [3.8, 4) is 0 Å². The van der Waals surface area contributed by atoms with E-state index in [4.69, 9.17) is 0 Å². The summed E-state index contributed by atoms with van der Waals surface area (Å²) in [5.41, 5.74) is 2.09. The smallest absolute Gasteiger partial charge is 0.227 e. The molecule has 2 aliphatic heterocycles.